The number of rotatable bonds is 6. The first-order valence-corrected chi connectivity index (χ1v) is 12.0. The molecule has 1 heteroatoms. The molecule has 0 spiro atoms. The molecule has 0 heterocycles. The van der Waals surface area contributed by atoms with Crippen molar-refractivity contribution < 1.29 is 4.74 Å². The molecule has 0 radical (unpaired) electrons. The smallest absolute Gasteiger partial charge is 0.119 e. The maximum absolute atomic E-state index is 5.88. The van der Waals surface area contributed by atoms with Gasteiger partial charge in [0.25, 0.3) is 0 Å². The van der Waals surface area contributed by atoms with Crippen LogP contribution in [0, 0.1) is 17.8 Å². The van der Waals surface area contributed by atoms with Crippen LogP contribution in [0.1, 0.15) is 81.4 Å². The van der Waals surface area contributed by atoms with Gasteiger partial charge in [-0.3, -0.25) is 0 Å². The molecule has 0 amide bonds. The molecule has 0 bridgehead atoms. The Morgan fingerprint density at radius 1 is 0.774 bits per heavy atom. The number of ether oxygens (including phenoxy) is 1. The van der Waals surface area contributed by atoms with Crippen molar-refractivity contribution in [2.24, 2.45) is 5.92 Å². The zero-order chi connectivity index (χ0) is 21.5. The van der Waals surface area contributed by atoms with Gasteiger partial charge in [-0.1, -0.05) is 75.6 Å². The van der Waals surface area contributed by atoms with E-state index >= 15 is 0 Å². The van der Waals surface area contributed by atoms with E-state index in [9.17, 15) is 0 Å². The zero-order valence-corrected chi connectivity index (χ0v) is 19.0. The van der Waals surface area contributed by atoms with E-state index in [1.165, 1.54) is 54.9 Å². The third-order valence-corrected chi connectivity index (χ3v) is 6.58. The first-order chi connectivity index (χ1) is 15.2. The molecule has 1 aliphatic rings. The van der Waals surface area contributed by atoms with Gasteiger partial charge in [0.05, 0.1) is 6.61 Å². The molecule has 0 atom stereocenters. The molecule has 0 aromatic heterocycles. The van der Waals surface area contributed by atoms with Crippen LogP contribution in [0.5, 0.6) is 5.75 Å². The van der Waals surface area contributed by atoms with E-state index < -0.39 is 0 Å². The monoisotopic (exact) mass is 410 g/mol. The molecule has 4 rings (SSSR count). The second kappa shape index (κ2) is 10.5. The number of hydrogen-bond acceptors (Lipinski definition) is 1. The lowest BCUT2D eigenvalue weighted by molar-refractivity contribution is 0.306. The average Bonchev–Trinajstić information content (AvgIpc) is 2.81. The Morgan fingerprint density at radius 3 is 2.23 bits per heavy atom. The average molecular weight is 411 g/mol. The standard InChI is InChI=1S/C30H34O/c1-3-4-5-20-31-30-19-18-28-21-25(12-17-29(28)22-30)9-8-24-10-15-27(16-11-24)26-13-6-23(2)7-14-26/h10-12,15-19,21-23,26H,3-7,13-14,20H2,1-2H3/t23-,26-. The molecule has 0 N–H and O–H groups in total. The topological polar surface area (TPSA) is 9.23 Å². The van der Waals surface area contributed by atoms with E-state index in [0.29, 0.717) is 0 Å². The van der Waals surface area contributed by atoms with E-state index in [4.69, 9.17) is 4.74 Å². The molecule has 0 aliphatic heterocycles. The van der Waals surface area contributed by atoms with E-state index in [0.717, 1.165) is 41.7 Å². The minimum Gasteiger partial charge on any atom is -0.494 e. The highest BCUT2D eigenvalue weighted by atomic mass is 16.5. The van der Waals surface area contributed by atoms with Crippen LogP contribution in [-0.4, -0.2) is 6.61 Å². The van der Waals surface area contributed by atoms with Crippen LogP contribution in [0.3, 0.4) is 0 Å². The SMILES string of the molecule is CCCCCOc1ccc2cc(C#Cc3ccc([C@H]4CC[C@H](C)CC4)cc3)ccc2c1. The molecule has 1 nitrogen and oxygen atoms in total. The molecule has 1 fully saturated rings. The van der Waals surface area contributed by atoms with Crippen molar-refractivity contribution in [2.75, 3.05) is 6.61 Å². The van der Waals surface area contributed by atoms with Crippen LogP contribution in [0.25, 0.3) is 10.8 Å². The van der Waals surface area contributed by atoms with Gasteiger partial charge in [0.2, 0.25) is 0 Å². The molecule has 160 valence electrons. The fourth-order valence-electron chi connectivity index (χ4n) is 4.51. The second-order valence-electron chi connectivity index (χ2n) is 9.11. The van der Waals surface area contributed by atoms with Crippen molar-refractivity contribution in [3.05, 3.63) is 77.4 Å². The van der Waals surface area contributed by atoms with Gasteiger partial charge in [0.1, 0.15) is 5.75 Å². The summed E-state index contributed by atoms with van der Waals surface area (Å²) in [4.78, 5) is 0. The van der Waals surface area contributed by atoms with Gasteiger partial charge in [-0.2, -0.15) is 0 Å². The Bertz CT molecular complexity index is 1040. The molecule has 1 aliphatic carbocycles. The fraction of sp³-hybridized carbons (Fsp3) is 0.400. The minimum absolute atomic E-state index is 0.735. The summed E-state index contributed by atoms with van der Waals surface area (Å²) in [5, 5.41) is 2.40. The van der Waals surface area contributed by atoms with E-state index in [1.807, 2.05) is 0 Å². The van der Waals surface area contributed by atoms with Crippen LogP contribution in [0.15, 0.2) is 60.7 Å². The van der Waals surface area contributed by atoms with Gasteiger partial charge < -0.3 is 4.74 Å². The third-order valence-electron chi connectivity index (χ3n) is 6.58. The van der Waals surface area contributed by atoms with Gasteiger partial charge in [-0.05, 0) is 83.8 Å². The maximum atomic E-state index is 5.88. The lowest BCUT2D eigenvalue weighted by Crippen LogP contribution is -2.10. The van der Waals surface area contributed by atoms with Gasteiger partial charge in [-0.15, -0.1) is 0 Å². The predicted molar refractivity (Wildman–Crippen MR) is 132 cm³/mol. The summed E-state index contributed by atoms with van der Waals surface area (Å²) in [6.45, 7) is 5.38. The summed E-state index contributed by atoms with van der Waals surface area (Å²) in [6.07, 6.45) is 8.93. The maximum Gasteiger partial charge on any atom is 0.119 e. The molecule has 0 saturated heterocycles. The number of fused-ring (bicyclic) bond motifs is 1. The molecule has 3 aromatic carbocycles. The van der Waals surface area contributed by atoms with Crippen LogP contribution < -0.4 is 4.74 Å². The van der Waals surface area contributed by atoms with Gasteiger partial charge in [0, 0.05) is 11.1 Å². The highest BCUT2D eigenvalue weighted by molar-refractivity contribution is 5.85. The van der Waals surface area contributed by atoms with Gasteiger partial charge in [0.15, 0.2) is 0 Å². The summed E-state index contributed by atoms with van der Waals surface area (Å²) in [5.74, 6) is 9.26. The van der Waals surface area contributed by atoms with Crippen LogP contribution in [0.4, 0.5) is 0 Å². The lowest BCUT2D eigenvalue weighted by Gasteiger charge is -2.26. The van der Waals surface area contributed by atoms with Crippen molar-refractivity contribution in [1.82, 2.24) is 0 Å². The van der Waals surface area contributed by atoms with E-state index in [-0.39, 0.29) is 0 Å². The van der Waals surface area contributed by atoms with E-state index in [2.05, 4.69) is 86.4 Å². The summed E-state index contributed by atoms with van der Waals surface area (Å²) in [7, 11) is 0. The zero-order valence-electron chi connectivity index (χ0n) is 19.0. The van der Waals surface area contributed by atoms with Crippen LogP contribution in [0.2, 0.25) is 0 Å². The minimum atomic E-state index is 0.735. The normalized spacial score (nSPS) is 18.4. The van der Waals surface area contributed by atoms with Crippen molar-refractivity contribution in [3.63, 3.8) is 0 Å². The molecule has 1 saturated carbocycles. The summed E-state index contributed by atoms with van der Waals surface area (Å²) < 4.78 is 5.88. The first-order valence-electron chi connectivity index (χ1n) is 12.0. The Labute approximate surface area is 187 Å². The Hall–Kier alpha value is -2.72. The number of hydrogen-bond donors (Lipinski definition) is 0. The van der Waals surface area contributed by atoms with Gasteiger partial charge >= 0.3 is 0 Å². The first kappa shape index (κ1) is 21.5. The third kappa shape index (κ3) is 5.92. The summed E-state index contributed by atoms with van der Waals surface area (Å²) in [6, 6.07) is 21.7. The number of benzene rings is 3. The fourth-order valence-corrected chi connectivity index (χ4v) is 4.51. The van der Waals surface area contributed by atoms with Crippen molar-refractivity contribution in [2.45, 2.75) is 64.7 Å². The molecular weight excluding hydrogens is 376 g/mol. The highest BCUT2D eigenvalue weighted by Crippen LogP contribution is 2.35. The molecular formula is C30H34O. The Morgan fingerprint density at radius 2 is 1.45 bits per heavy atom. The van der Waals surface area contributed by atoms with Crippen molar-refractivity contribution >= 4 is 10.8 Å². The van der Waals surface area contributed by atoms with Gasteiger partial charge in [-0.25, -0.2) is 0 Å². The largest absolute Gasteiger partial charge is 0.494 e. The van der Waals surface area contributed by atoms with Crippen LogP contribution in [-0.2, 0) is 0 Å². The quantitative estimate of drug-likeness (QED) is 0.294. The van der Waals surface area contributed by atoms with Crippen LogP contribution >= 0.6 is 0 Å². The molecule has 31 heavy (non-hydrogen) atoms. The predicted octanol–water partition coefficient (Wildman–Crippen LogP) is 8.10. The Kier molecular flexibility index (Phi) is 7.31. The summed E-state index contributed by atoms with van der Waals surface area (Å²) in [5.41, 5.74) is 3.62. The summed E-state index contributed by atoms with van der Waals surface area (Å²) >= 11 is 0. The van der Waals surface area contributed by atoms with E-state index in [1.54, 1.807) is 0 Å². The molecule has 3 aromatic rings. The molecule has 0 unspecified atom stereocenters. The van der Waals surface area contributed by atoms with Crippen molar-refractivity contribution in [3.8, 4) is 17.6 Å². The van der Waals surface area contributed by atoms with Crippen molar-refractivity contribution in [1.29, 1.82) is 0 Å². The second-order valence-corrected chi connectivity index (χ2v) is 9.11. The number of unbranched alkanes of at least 4 members (excludes halogenated alkanes) is 2. The lowest BCUT2D eigenvalue weighted by atomic mass is 9.79. The Balaban J connectivity index is 1.40. The highest BCUT2D eigenvalue weighted by Gasteiger charge is 2.19.